The van der Waals surface area contributed by atoms with Gasteiger partial charge in [0, 0.05) is 24.3 Å². The molecule has 166 valence electrons. The molecule has 2 aromatic rings. The summed E-state index contributed by atoms with van der Waals surface area (Å²) in [7, 11) is 0. The highest BCUT2D eigenvalue weighted by Crippen LogP contribution is 2.44. The number of non-ortho nitro benzene ring substituents is 1. The second-order valence-electron chi connectivity index (χ2n) is 8.84. The van der Waals surface area contributed by atoms with Gasteiger partial charge in [0.1, 0.15) is 12.4 Å². The lowest BCUT2D eigenvalue weighted by atomic mass is 9.69. The number of aliphatic hydroxyl groups is 1. The SMILES string of the molecule is CC(=NOCc1ccc([N+](=O)[O-])cc1)c1cc(O)c(C)cc1[C@H]1CC[C@](C)(CO)CC1. The number of hydrogen-bond acceptors (Lipinski definition) is 6. The van der Waals surface area contributed by atoms with Crippen LogP contribution in [-0.4, -0.2) is 27.5 Å². The molecule has 7 heteroatoms. The molecule has 0 bridgehead atoms. The average molecular weight is 427 g/mol. The number of aliphatic hydroxyl groups excluding tert-OH is 1. The number of rotatable bonds is 7. The minimum atomic E-state index is -0.438. The Morgan fingerprint density at radius 2 is 1.90 bits per heavy atom. The molecule has 1 aliphatic carbocycles. The van der Waals surface area contributed by atoms with E-state index in [0.29, 0.717) is 11.6 Å². The van der Waals surface area contributed by atoms with Gasteiger partial charge in [-0.05, 0) is 85.8 Å². The molecule has 7 nitrogen and oxygen atoms in total. The maximum Gasteiger partial charge on any atom is 0.269 e. The van der Waals surface area contributed by atoms with Crippen molar-refractivity contribution in [3.63, 3.8) is 0 Å². The summed E-state index contributed by atoms with van der Waals surface area (Å²) in [6.45, 7) is 6.27. The Morgan fingerprint density at radius 1 is 1.26 bits per heavy atom. The summed E-state index contributed by atoms with van der Waals surface area (Å²) in [5, 5.41) is 35.0. The van der Waals surface area contributed by atoms with Crippen LogP contribution in [0.3, 0.4) is 0 Å². The molecule has 0 spiro atoms. The molecule has 0 unspecified atom stereocenters. The first-order chi connectivity index (χ1) is 14.7. The third kappa shape index (κ3) is 5.41. The molecule has 0 amide bonds. The highest BCUT2D eigenvalue weighted by atomic mass is 16.6. The molecule has 1 aliphatic rings. The van der Waals surface area contributed by atoms with Crippen LogP contribution in [0.1, 0.15) is 67.7 Å². The number of benzene rings is 2. The van der Waals surface area contributed by atoms with E-state index in [2.05, 4.69) is 12.1 Å². The van der Waals surface area contributed by atoms with Crippen LogP contribution in [0.25, 0.3) is 0 Å². The third-order valence-electron chi connectivity index (χ3n) is 6.35. The predicted molar refractivity (Wildman–Crippen MR) is 119 cm³/mol. The fraction of sp³-hybridized carbons (Fsp3) is 0.458. The molecule has 0 radical (unpaired) electrons. The molecule has 1 fully saturated rings. The van der Waals surface area contributed by atoms with E-state index in [-0.39, 0.29) is 30.1 Å². The number of aryl methyl sites for hydroxylation is 1. The topological polar surface area (TPSA) is 105 Å². The minimum absolute atomic E-state index is 0.0143. The lowest BCUT2D eigenvalue weighted by Crippen LogP contribution is -2.27. The van der Waals surface area contributed by atoms with Crippen molar-refractivity contribution in [1.82, 2.24) is 0 Å². The van der Waals surface area contributed by atoms with Gasteiger partial charge in [0.25, 0.3) is 5.69 Å². The molecule has 0 atom stereocenters. The Balaban J connectivity index is 1.76. The van der Waals surface area contributed by atoms with Crippen molar-refractivity contribution in [3.8, 4) is 5.75 Å². The summed E-state index contributed by atoms with van der Waals surface area (Å²) < 4.78 is 0. The van der Waals surface area contributed by atoms with E-state index in [0.717, 1.165) is 47.9 Å². The van der Waals surface area contributed by atoms with Gasteiger partial charge in [-0.3, -0.25) is 10.1 Å². The van der Waals surface area contributed by atoms with Gasteiger partial charge in [-0.25, -0.2) is 0 Å². The van der Waals surface area contributed by atoms with E-state index >= 15 is 0 Å². The zero-order valence-electron chi connectivity index (χ0n) is 18.3. The van der Waals surface area contributed by atoms with Crippen LogP contribution in [0.2, 0.25) is 0 Å². The first-order valence-electron chi connectivity index (χ1n) is 10.6. The van der Waals surface area contributed by atoms with Crippen molar-refractivity contribution < 1.29 is 20.0 Å². The largest absolute Gasteiger partial charge is 0.508 e. The van der Waals surface area contributed by atoms with Crippen molar-refractivity contribution >= 4 is 11.4 Å². The molecule has 0 aromatic heterocycles. The molecule has 0 heterocycles. The van der Waals surface area contributed by atoms with Gasteiger partial charge in [-0.2, -0.15) is 0 Å². The van der Waals surface area contributed by atoms with Crippen molar-refractivity contribution in [2.45, 2.75) is 59.0 Å². The number of hydrogen-bond donors (Lipinski definition) is 2. The zero-order chi connectivity index (χ0) is 22.6. The zero-order valence-corrected chi connectivity index (χ0v) is 18.3. The van der Waals surface area contributed by atoms with Gasteiger partial charge in [0.05, 0.1) is 10.6 Å². The Morgan fingerprint density at radius 3 is 2.48 bits per heavy atom. The summed E-state index contributed by atoms with van der Waals surface area (Å²) in [6, 6.07) is 9.95. The van der Waals surface area contributed by atoms with E-state index in [1.165, 1.54) is 12.1 Å². The number of phenolic OH excluding ortho intramolecular Hbond substituents is 1. The first-order valence-corrected chi connectivity index (χ1v) is 10.6. The van der Waals surface area contributed by atoms with Crippen LogP contribution < -0.4 is 0 Å². The van der Waals surface area contributed by atoms with Gasteiger partial charge in [-0.1, -0.05) is 18.1 Å². The van der Waals surface area contributed by atoms with Gasteiger partial charge in [0.2, 0.25) is 0 Å². The fourth-order valence-electron chi connectivity index (χ4n) is 4.12. The van der Waals surface area contributed by atoms with Gasteiger partial charge >= 0.3 is 0 Å². The second-order valence-corrected chi connectivity index (χ2v) is 8.84. The molecular formula is C24H30N2O5. The number of nitro benzene ring substituents is 1. The molecule has 3 rings (SSSR count). The summed E-state index contributed by atoms with van der Waals surface area (Å²) in [4.78, 5) is 15.8. The number of phenols is 1. The van der Waals surface area contributed by atoms with Crippen molar-refractivity contribution in [1.29, 1.82) is 0 Å². The summed E-state index contributed by atoms with van der Waals surface area (Å²) in [5.41, 5.74) is 4.31. The number of nitro groups is 1. The Labute approximate surface area is 182 Å². The predicted octanol–water partition coefficient (Wildman–Crippen LogP) is 5.21. The highest BCUT2D eigenvalue weighted by Gasteiger charge is 2.32. The van der Waals surface area contributed by atoms with Crippen LogP contribution in [0.4, 0.5) is 5.69 Å². The molecular weight excluding hydrogens is 396 g/mol. The number of aromatic hydroxyl groups is 1. The summed E-state index contributed by atoms with van der Waals surface area (Å²) in [5.74, 6) is 0.563. The average Bonchev–Trinajstić information content (AvgIpc) is 2.76. The second kappa shape index (κ2) is 9.47. The van der Waals surface area contributed by atoms with Gasteiger partial charge in [0.15, 0.2) is 0 Å². The van der Waals surface area contributed by atoms with Gasteiger partial charge in [-0.15, -0.1) is 0 Å². The lowest BCUT2D eigenvalue weighted by molar-refractivity contribution is -0.384. The lowest BCUT2D eigenvalue weighted by Gasteiger charge is -2.36. The molecule has 2 N–H and O–H groups in total. The summed E-state index contributed by atoms with van der Waals surface area (Å²) >= 11 is 0. The Bertz CT molecular complexity index is 961. The monoisotopic (exact) mass is 426 g/mol. The number of oxime groups is 1. The molecule has 31 heavy (non-hydrogen) atoms. The minimum Gasteiger partial charge on any atom is -0.508 e. The van der Waals surface area contributed by atoms with Gasteiger partial charge < -0.3 is 15.1 Å². The van der Waals surface area contributed by atoms with Crippen LogP contribution in [0, 0.1) is 22.5 Å². The van der Waals surface area contributed by atoms with E-state index in [4.69, 9.17) is 4.84 Å². The number of nitrogens with zero attached hydrogens (tertiary/aromatic N) is 2. The standard InChI is InChI=1S/C24H30N2O5/c1-16-12-22(19-8-10-24(3,15-27)11-9-19)21(13-23(16)28)17(2)25-31-14-18-4-6-20(7-5-18)26(29)30/h4-7,12-13,19,27-28H,8-11,14-15H2,1-3H3/t19-,24-. The van der Waals surface area contributed by atoms with E-state index < -0.39 is 4.92 Å². The molecule has 1 saturated carbocycles. The van der Waals surface area contributed by atoms with Crippen LogP contribution in [-0.2, 0) is 11.4 Å². The quantitative estimate of drug-likeness (QED) is 0.359. The normalized spacial score (nSPS) is 21.7. The Kier molecular flexibility index (Phi) is 6.95. The van der Waals surface area contributed by atoms with Crippen molar-refractivity contribution in [3.05, 3.63) is 68.8 Å². The third-order valence-corrected chi connectivity index (χ3v) is 6.35. The van der Waals surface area contributed by atoms with Crippen LogP contribution >= 0.6 is 0 Å². The summed E-state index contributed by atoms with van der Waals surface area (Å²) in [6.07, 6.45) is 3.87. The molecule has 2 aromatic carbocycles. The maximum absolute atomic E-state index is 10.8. The fourth-order valence-corrected chi connectivity index (χ4v) is 4.12. The maximum atomic E-state index is 10.8. The first kappa shape index (κ1) is 22.7. The Hall–Kier alpha value is -2.93. The van der Waals surface area contributed by atoms with Crippen LogP contribution in [0.15, 0.2) is 41.6 Å². The smallest absolute Gasteiger partial charge is 0.269 e. The van der Waals surface area contributed by atoms with E-state index in [1.807, 2.05) is 19.9 Å². The molecule has 0 saturated heterocycles. The van der Waals surface area contributed by atoms with Crippen molar-refractivity contribution in [2.24, 2.45) is 10.6 Å². The van der Waals surface area contributed by atoms with E-state index in [9.17, 15) is 20.3 Å². The highest BCUT2D eigenvalue weighted by molar-refractivity contribution is 6.00. The van der Waals surface area contributed by atoms with E-state index in [1.54, 1.807) is 18.2 Å². The molecule has 0 aliphatic heterocycles. The van der Waals surface area contributed by atoms with Crippen LogP contribution in [0.5, 0.6) is 5.75 Å². The van der Waals surface area contributed by atoms with Crippen molar-refractivity contribution in [2.75, 3.05) is 6.61 Å².